The second-order valence-electron chi connectivity index (χ2n) is 5.82. The van der Waals surface area contributed by atoms with Crippen LogP contribution in [0.25, 0.3) is 10.9 Å². The number of Topliss-reactive ketones (excluding diaryl/α,β-unsaturated/α-hetero) is 1. The molecule has 4 heteroatoms. The summed E-state index contributed by atoms with van der Waals surface area (Å²) in [5.41, 5.74) is 3.31. The summed E-state index contributed by atoms with van der Waals surface area (Å²) in [5.74, 6) is -0.0543. The van der Waals surface area contributed by atoms with Crippen molar-refractivity contribution in [2.24, 2.45) is 0 Å². The van der Waals surface area contributed by atoms with E-state index in [1.165, 1.54) is 10.9 Å². The highest BCUT2D eigenvalue weighted by Crippen LogP contribution is 2.15. The van der Waals surface area contributed by atoms with Gasteiger partial charge < -0.3 is 0 Å². The van der Waals surface area contributed by atoms with Crippen LogP contribution in [0.3, 0.4) is 0 Å². The zero-order valence-electron chi connectivity index (χ0n) is 14.0. The minimum atomic E-state index is -0.182. The molecule has 1 aromatic heterocycles. The van der Waals surface area contributed by atoms with Gasteiger partial charge in [0, 0.05) is 5.56 Å². The first kappa shape index (κ1) is 16.1. The van der Waals surface area contributed by atoms with E-state index in [2.05, 4.69) is 18.0 Å². The average Bonchev–Trinajstić information content (AvgIpc) is 2.63. The van der Waals surface area contributed by atoms with Crippen LogP contribution in [0.4, 0.5) is 0 Å². The third-order valence-electron chi connectivity index (χ3n) is 4.31. The monoisotopic (exact) mass is 320 g/mol. The van der Waals surface area contributed by atoms with Crippen LogP contribution in [0.5, 0.6) is 0 Å². The molecule has 4 nitrogen and oxygen atoms in total. The molecule has 0 fully saturated rings. The van der Waals surface area contributed by atoms with Crippen molar-refractivity contribution in [1.82, 2.24) is 9.55 Å². The van der Waals surface area contributed by atoms with Crippen LogP contribution in [0, 0.1) is 0 Å². The lowest BCUT2D eigenvalue weighted by Crippen LogP contribution is -2.25. The number of aromatic nitrogens is 2. The second kappa shape index (κ2) is 6.79. The van der Waals surface area contributed by atoms with Gasteiger partial charge in [-0.3, -0.25) is 14.2 Å². The van der Waals surface area contributed by atoms with Gasteiger partial charge in [-0.05, 0) is 42.2 Å². The fourth-order valence-corrected chi connectivity index (χ4v) is 2.87. The molecule has 0 unspecified atom stereocenters. The number of fused-ring (bicyclic) bond motifs is 1. The molecule has 3 aromatic rings. The molecule has 0 amide bonds. The molecule has 0 aliphatic rings. The van der Waals surface area contributed by atoms with E-state index in [1.54, 1.807) is 18.2 Å². The molecule has 1 heterocycles. The number of aryl methyl sites for hydroxylation is 2. The number of nitrogens with zero attached hydrogens (tertiary/aromatic N) is 2. The summed E-state index contributed by atoms with van der Waals surface area (Å²) in [4.78, 5) is 29.6. The molecule has 24 heavy (non-hydrogen) atoms. The third kappa shape index (κ3) is 3.00. The quantitative estimate of drug-likeness (QED) is 0.677. The Hall–Kier alpha value is -2.75. The van der Waals surface area contributed by atoms with Crippen LogP contribution in [0.2, 0.25) is 0 Å². The molecule has 0 spiro atoms. The van der Waals surface area contributed by atoms with Gasteiger partial charge in [-0.25, -0.2) is 4.98 Å². The van der Waals surface area contributed by atoms with E-state index in [0.29, 0.717) is 16.5 Å². The number of carbonyl (C=O) groups excluding carboxylic acids is 1. The van der Waals surface area contributed by atoms with Crippen LogP contribution >= 0.6 is 0 Å². The van der Waals surface area contributed by atoms with Gasteiger partial charge in [0.05, 0.1) is 23.8 Å². The standard InChI is InChI=1S/C20H20N2O2/c1-3-14-9-10-15(4-2)17(11-14)19(23)12-22-13-21-18-8-6-5-7-16(18)20(22)24/h5-11,13H,3-4,12H2,1-2H3. The lowest BCUT2D eigenvalue weighted by atomic mass is 9.97. The van der Waals surface area contributed by atoms with Gasteiger partial charge in [0.1, 0.15) is 0 Å². The third-order valence-corrected chi connectivity index (χ3v) is 4.31. The second-order valence-corrected chi connectivity index (χ2v) is 5.82. The first-order valence-corrected chi connectivity index (χ1v) is 8.23. The van der Waals surface area contributed by atoms with Gasteiger partial charge >= 0.3 is 0 Å². The molecule has 122 valence electrons. The maximum Gasteiger partial charge on any atom is 0.261 e. The summed E-state index contributed by atoms with van der Waals surface area (Å²) in [6, 6.07) is 13.2. The van der Waals surface area contributed by atoms with E-state index in [9.17, 15) is 9.59 Å². The van der Waals surface area contributed by atoms with Crippen LogP contribution in [-0.4, -0.2) is 15.3 Å². The summed E-state index contributed by atoms with van der Waals surface area (Å²) in [6.07, 6.45) is 3.12. The van der Waals surface area contributed by atoms with Crippen molar-refractivity contribution in [2.75, 3.05) is 0 Å². The minimum Gasteiger partial charge on any atom is -0.292 e. The van der Waals surface area contributed by atoms with Gasteiger partial charge in [0.25, 0.3) is 5.56 Å². The first-order chi connectivity index (χ1) is 11.6. The van der Waals surface area contributed by atoms with Crippen molar-refractivity contribution in [3.8, 4) is 0 Å². The summed E-state index contributed by atoms with van der Waals surface area (Å²) >= 11 is 0. The van der Waals surface area contributed by atoms with Gasteiger partial charge in [0.15, 0.2) is 5.78 Å². The van der Waals surface area contributed by atoms with E-state index >= 15 is 0 Å². The van der Waals surface area contributed by atoms with Gasteiger partial charge in [0.2, 0.25) is 0 Å². The highest BCUT2D eigenvalue weighted by Gasteiger charge is 2.14. The lowest BCUT2D eigenvalue weighted by Gasteiger charge is -2.11. The summed E-state index contributed by atoms with van der Waals surface area (Å²) in [5, 5.41) is 0.533. The number of rotatable bonds is 5. The Morgan fingerprint density at radius 3 is 2.62 bits per heavy atom. The minimum absolute atomic E-state index is 0.0107. The smallest absolute Gasteiger partial charge is 0.261 e. The van der Waals surface area contributed by atoms with Crippen molar-refractivity contribution in [1.29, 1.82) is 0 Å². The summed E-state index contributed by atoms with van der Waals surface area (Å²) in [7, 11) is 0. The van der Waals surface area contributed by atoms with Gasteiger partial charge in [-0.2, -0.15) is 0 Å². The zero-order valence-corrected chi connectivity index (χ0v) is 14.0. The number of ketones is 1. The average molecular weight is 320 g/mol. The summed E-state index contributed by atoms with van der Waals surface area (Å²) < 4.78 is 1.39. The predicted molar refractivity (Wildman–Crippen MR) is 95.5 cm³/mol. The number of hydrogen-bond donors (Lipinski definition) is 0. The van der Waals surface area contributed by atoms with E-state index < -0.39 is 0 Å². The van der Waals surface area contributed by atoms with Crippen molar-refractivity contribution in [3.05, 3.63) is 75.8 Å². The number of carbonyl (C=O) groups is 1. The van der Waals surface area contributed by atoms with E-state index in [0.717, 1.165) is 24.0 Å². The van der Waals surface area contributed by atoms with Crippen molar-refractivity contribution in [3.63, 3.8) is 0 Å². The van der Waals surface area contributed by atoms with E-state index in [4.69, 9.17) is 0 Å². The SMILES string of the molecule is CCc1ccc(CC)c(C(=O)Cn2cnc3ccccc3c2=O)c1. The van der Waals surface area contributed by atoms with E-state index in [1.807, 2.05) is 25.1 Å². The molecule has 0 saturated heterocycles. The normalized spacial score (nSPS) is 10.9. The Bertz CT molecular complexity index is 957. The molecule has 2 aromatic carbocycles. The van der Waals surface area contributed by atoms with Crippen molar-refractivity contribution >= 4 is 16.7 Å². The number of para-hydroxylation sites is 1. The maximum absolute atomic E-state index is 12.8. The van der Waals surface area contributed by atoms with Crippen LogP contribution < -0.4 is 5.56 Å². The van der Waals surface area contributed by atoms with Crippen LogP contribution in [-0.2, 0) is 19.4 Å². The molecule has 0 atom stereocenters. The highest BCUT2D eigenvalue weighted by atomic mass is 16.1. The zero-order chi connectivity index (χ0) is 17.1. The maximum atomic E-state index is 12.8. The molecular formula is C20H20N2O2. The molecule has 0 radical (unpaired) electrons. The van der Waals surface area contributed by atoms with Crippen LogP contribution in [0.1, 0.15) is 35.3 Å². The Morgan fingerprint density at radius 1 is 1.08 bits per heavy atom. The topological polar surface area (TPSA) is 52.0 Å². The number of benzene rings is 2. The van der Waals surface area contributed by atoms with Crippen molar-refractivity contribution < 1.29 is 4.79 Å². The van der Waals surface area contributed by atoms with Crippen molar-refractivity contribution in [2.45, 2.75) is 33.2 Å². The molecule has 3 rings (SSSR count). The van der Waals surface area contributed by atoms with Crippen LogP contribution in [0.15, 0.2) is 53.6 Å². The van der Waals surface area contributed by atoms with E-state index in [-0.39, 0.29) is 17.9 Å². The first-order valence-electron chi connectivity index (χ1n) is 8.23. The lowest BCUT2D eigenvalue weighted by molar-refractivity contribution is 0.0969. The Balaban J connectivity index is 1.98. The fourth-order valence-electron chi connectivity index (χ4n) is 2.87. The van der Waals surface area contributed by atoms with Gasteiger partial charge in [-0.15, -0.1) is 0 Å². The molecule has 0 aliphatic carbocycles. The Morgan fingerprint density at radius 2 is 1.88 bits per heavy atom. The number of hydrogen-bond acceptors (Lipinski definition) is 3. The van der Waals surface area contributed by atoms with Gasteiger partial charge in [-0.1, -0.05) is 38.1 Å². The predicted octanol–water partition coefficient (Wildman–Crippen LogP) is 3.40. The molecular weight excluding hydrogens is 300 g/mol. The molecule has 0 aliphatic heterocycles. The molecule has 0 saturated carbocycles. The molecule has 0 N–H and O–H groups in total. The highest BCUT2D eigenvalue weighted by molar-refractivity contribution is 5.97. The molecule has 0 bridgehead atoms. The largest absolute Gasteiger partial charge is 0.292 e. The Kier molecular flexibility index (Phi) is 4.56. The Labute approximate surface area is 140 Å². The summed E-state index contributed by atoms with van der Waals surface area (Å²) in [6.45, 7) is 4.10. The fraction of sp³-hybridized carbons (Fsp3) is 0.250.